The molecule has 0 spiro atoms. The van der Waals surface area contributed by atoms with Gasteiger partial charge in [-0.3, -0.25) is 4.79 Å². The fourth-order valence-corrected chi connectivity index (χ4v) is 4.62. The Morgan fingerprint density at radius 3 is 2.43 bits per heavy atom. The van der Waals surface area contributed by atoms with E-state index in [0.717, 1.165) is 18.1 Å². The van der Waals surface area contributed by atoms with Crippen LogP contribution in [0.25, 0.3) is 0 Å². The SMILES string of the molecule is COC(=O)c1c(N2CC3CCCC3C2)sc(C(N)=O)c1N. The topological polar surface area (TPSA) is 98.6 Å². The van der Waals surface area contributed by atoms with Crippen molar-refractivity contribution in [1.29, 1.82) is 0 Å². The Morgan fingerprint density at radius 2 is 1.90 bits per heavy atom. The van der Waals surface area contributed by atoms with Crippen LogP contribution in [0.5, 0.6) is 0 Å². The Hall–Kier alpha value is -1.76. The first kappa shape index (κ1) is 14.2. The predicted octanol–water partition coefficient (Wildman–Crippen LogP) is 1.45. The molecule has 1 aromatic heterocycles. The summed E-state index contributed by atoms with van der Waals surface area (Å²) in [5, 5.41) is 0.725. The van der Waals surface area contributed by atoms with Crippen LogP contribution in [-0.2, 0) is 4.74 Å². The molecule has 1 aliphatic heterocycles. The van der Waals surface area contributed by atoms with Crippen molar-refractivity contribution in [3.05, 3.63) is 10.4 Å². The maximum absolute atomic E-state index is 12.0. The van der Waals surface area contributed by atoms with Crippen molar-refractivity contribution in [1.82, 2.24) is 0 Å². The number of primary amides is 1. The lowest BCUT2D eigenvalue weighted by Crippen LogP contribution is -2.22. The molecule has 7 heteroatoms. The Balaban J connectivity index is 1.99. The number of hydrogen-bond acceptors (Lipinski definition) is 6. The molecule has 114 valence electrons. The lowest BCUT2D eigenvalue weighted by atomic mass is 10.0. The Morgan fingerprint density at radius 1 is 1.29 bits per heavy atom. The first-order chi connectivity index (χ1) is 10.0. The zero-order chi connectivity index (χ0) is 15.1. The van der Waals surface area contributed by atoms with Gasteiger partial charge in [-0.2, -0.15) is 0 Å². The average Bonchev–Trinajstić information content (AvgIpc) is 3.09. The van der Waals surface area contributed by atoms with Gasteiger partial charge >= 0.3 is 5.97 Å². The first-order valence-corrected chi connectivity index (χ1v) is 7.90. The molecule has 1 aliphatic carbocycles. The van der Waals surface area contributed by atoms with Crippen LogP contribution < -0.4 is 16.4 Å². The molecule has 3 rings (SSSR count). The summed E-state index contributed by atoms with van der Waals surface area (Å²) in [4.78, 5) is 25.9. The van der Waals surface area contributed by atoms with Gasteiger partial charge in [0, 0.05) is 13.1 Å². The highest BCUT2D eigenvalue weighted by Gasteiger charge is 2.39. The second-order valence-electron chi connectivity index (χ2n) is 5.74. The minimum absolute atomic E-state index is 0.145. The van der Waals surface area contributed by atoms with Gasteiger partial charge in [0.1, 0.15) is 15.4 Å². The smallest absolute Gasteiger partial charge is 0.343 e. The summed E-state index contributed by atoms with van der Waals surface area (Å²) in [6.45, 7) is 1.82. The number of rotatable bonds is 3. The molecule has 2 aliphatic rings. The van der Waals surface area contributed by atoms with Gasteiger partial charge in [0.25, 0.3) is 5.91 Å². The summed E-state index contributed by atoms with van der Waals surface area (Å²) < 4.78 is 4.81. The number of anilines is 2. The van der Waals surface area contributed by atoms with Crippen molar-refractivity contribution < 1.29 is 14.3 Å². The van der Waals surface area contributed by atoms with Gasteiger partial charge in [-0.1, -0.05) is 6.42 Å². The third-order valence-corrected chi connectivity index (χ3v) is 5.83. The molecule has 21 heavy (non-hydrogen) atoms. The minimum atomic E-state index is -0.603. The highest BCUT2D eigenvalue weighted by Crippen LogP contribution is 2.45. The lowest BCUT2D eigenvalue weighted by molar-refractivity contribution is 0.0603. The monoisotopic (exact) mass is 309 g/mol. The molecule has 2 atom stereocenters. The number of nitrogens with two attached hydrogens (primary N) is 2. The number of carbonyl (C=O) groups is 2. The Kier molecular flexibility index (Phi) is 3.52. The molecule has 1 amide bonds. The van der Waals surface area contributed by atoms with Crippen molar-refractivity contribution in [2.24, 2.45) is 17.6 Å². The van der Waals surface area contributed by atoms with Crippen LogP contribution in [0.15, 0.2) is 0 Å². The number of ether oxygens (including phenoxy) is 1. The highest BCUT2D eigenvalue weighted by molar-refractivity contribution is 7.19. The molecule has 1 aromatic rings. The number of amides is 1. The number of methoxy groups -OCH3 is 1. The molecule has 0 radical (unpaired) electrons. The Bertz CT molecular complexity index is 587. The van der Waals surface area contributed by atoms with Gasteiger partial charge in [-0.05, 0) is 24.7 Å². The van der Waals surface area contributed by atoms with Gasteiger partial charge < -0.3 is 21.1 Å². The largest absolute Gasteiger partial charge is 0.465 e. The van der Waals surface area contributed by atoms with Crippen LogP contribution in [0.2, 0.25) is 0 Å². The van der Waals surface area contributed by atoms with E-state index in [-0.39, 0.29) is 16.1 Å². The van der Waals surface area contributed by atoms with Crippen LogP contribution in [0.3, 0.4) is 0 Å². The number of nitrogen functional groups attached to an aromatic ring is 1. The molecular weight excluding hydrogens is 290 g/mol. The fraction of sp³-hybridized carbons (Fsp3) is 0.571. The minimum Gasteiger partial charge on any atom is -0.465 e. The number of esters is 1. The van der Waals surface area contributed by atoms with E-state index in [4.69, 9.17) is 16.2 Å². The first-order valence-electron chi connectivity index (χ1n) is 7.08. The van der Waals surface area contributed by atoms with Gasteiger partial charge in [0.2, 0.25) is 0 Å². The second kappa shape index (κ2) is 5.22. The van der Waals surface area contributed by atoms with Crippen molar-refractivity contribution in [3.8, 4) is 0 Å². The van der Waals surface area contributed by atoms with Gasteiger partial charge in [-0.25, -0.2) is 4.79 Å². The molecule has 1 saturated carbocycles. The number of fused-ring (bicyclic) bond motifs is 1. The molecule has 6 nitrogen and oxygen atoms in total. The van der Waals surface area contributed by atoms with Crippen LogP contribution >= 0.6 is 11.3 Å². The van der Waals surface area contributed by atoms with E-state index in [1.807, 2.05) is 0 Å². The average molecular weight is 309 g/mol. The molecule has 2 unspecified atom stereocenters. The second-order valence-corrected chi connectivity index (χ2v) is 6.74. The number of thiophene rings is 1. The summed E-state index contributed by atoms with van der Waals surface area (Å²) in [6, 6.07) is 0. The van der Waals surface area contributed by atoms with Crippen LogP contribution in [0.1, 0.15) is 39.3 Å². The van der Waals surface area contributed by atoms with E-state index in [1.165, 1.54) is 37.7 Å². The number of nitrogens with zero attached hydrogens (tertiary/aromatic N) is 1. The summed E-state index contributed by atoms with van der Waals surface area (Å²) in [5.41, 5.74) is 11.7. The summed E-state index contributed by atoms with van der Waals surface area (Å²) in [7, 11) is 1.31. The maximum Gasteiger partial charge on any atom is 0.343 e. The summed E-state index contributed by atoms with van der Waals surface area (Å²) in [6.07, 6.45) is 3.75. The summed E-state index contributed by atoms with van der Waals surface area (Å²) in [5.74, 6) is 0.239. The molecule has 0 aromatic carbocycles. The van der Waals surface area contributed by atoms with Crippen LogP contribution in [-0.4, -0.2) is 32.1 Å². The molecule has 2 fully saturated rings. The third-order valence-electron chi connectivity index (χ3n) is 4.55. The van der Waals surface area contributed by atoms with E-state index in [0.29, 0.717) is 11.8 Å². The van der Waals surface area contributed by atoms with E-state index < -0.39 is 11.9 Å². The lowest BCUT2D eigenvalue weighted by Gasteiger charge is -2.18. The van der Waals surface area contributed by atoms with Crippen molar-refractivity contribution in [2.45, 2.75) is 19.3 Å². The molecule has 1 saturated heterocycles. The van der Waals surface area contributed by atoms with Crippen LogP contribution in [0.4, 0.5) is 10.7 Å². The summed E-state index contributed by atoms with van der Waals surface area (Å²) >= 11 is 1.20. The van der Waals surface area contributed by atoms with Gasteiger partial charge in [0.15, 0.2) is 0 Å². The van der Waals surface area contributed by atoms with E-state index in [2.05, 4.69) is 4.90 Å². The molecule has 0 bridgehead atoms. The van der Waals surface area contributed by atoms with E-state index in [9.17, 15) is 9.59 Å². The van der Waals surface area contributed by atoms with Crippen molar-refractivity contribution >= 4 is 33.9 Å². The van der Waals surface area contributed by atoms with Gasteiger partial charge in [0.05, 0.1) is 12.8 Å². The molecule has 4 N–H and O–H groups in total. The quantitative estimate of drug-likeness (QED) is 0.823. The standard InChI is InChI=1S/C14H19N3O3S/c1-20-14(19)9-10(15)11(12(16)18)21-13(9)17-5-7-3-2-4-8(7)6-17/h7-8H,2-6,15H2,1H3,(H2,16,18). The zero-order valence-corrected chi connectivity index (χ0v) is 12.7. The Labute approximate surface area is 127 Å². The number of carbonyl (C=O) groups excluding carboxylic acids is 2. The maximum atomic E-state index is 12.0. The van der Waals surface area contributed by atoms with Crippen molar-refractivity contribution in [2.75, 3.05) is 30.8 Å². The molecule has 2 heterocycles. The van der Waals surface area contributed by atoms with E-state index in [1.54, 1.807) is 0 Å². The number of hydrogen-bond donors (Lipinski definition) is 2. The highest BCUT2D eigenvalue weighted by atomic mass is 32.1. The van der Waals surface area contributed by atoms with Gasteiger partial charge in [-0.15, -0.1) is 11.3 Å². The fourth-order valence-electron chi connectivity index (χ4n) is 3.54. The molecular formula is C14H19N3O3S. The van der Waals surface area contributed by atoms with Crippen LogP contribution in [0, 0.1) is 11.8 Å². The predicted molar refractivity (Wildman–Crippen MR) is 81.6 cm³/mol. The van der Waals surface area contributed by atoms with Crippen molar-refractivity contribution in [3.63, 3.8) is 0 Å². The normalized spacial score (nSPS) is 24.1. The zero-order valence-electron chi connectivity index (χ0n) is 11.9. The third kappa shape index (κ3) is 2.25. The van der Waals surface area contributed by atoms with E-state index >= 15 is 0 Å².